The molecule has 1 aliphatic heterocycles. The van der Waals surface area contributed by atoms with Crippen molar-refractivity contribution in [3.63, 3.8) is 0 Å². The number of carbonyl (C=O) groups excluding carboxylic acids is 4. The van der Waals surface area contributed by atoms with E-state index in [0.717, 1.165) is 0 Å². The van der Waals surface area contributed by atoms with Gasteiger partial charge in [-0.2, -0.15) is 10.2 Å². The van der Waals surface area contributed by atoms with Crippen molar-refractivity contribution in [3.05, 3.63) is 98.1 Å². The molecule has 46 heavy (non-hydrogen) atoms. The van der Waals surface area contributed by atoms with Gasteiger partial charge in [-0.1, -0.05) is 36.4 Å². The van der Waals surface area contributed by atoms with Gasteiger partial charge in [-0.15, -0.1) is 0 Å². The lowest BCUT2D eigenvalue weighted by atomic mass is 10.1. The van der Waals surface area contributed by atoms with E-state index in [1.54, 1.807) is 54.6 Å². The number of rotatable bonds is 4. The summed E-state index contributed by atoms with van der Waals surface area (Å²) in [5, 5.41) is 12.9. The molecule has 0 bridgehead atoms. The van der Waals surface area contributed by atoms with Gasteiger partial charge in [0.05, 0.1) is 11.4 Å². The average Bonchev–Trinajstić information content (AvgIpc) is 3.62. The Kier molecular flexibility index (Phi) is 5.60. The number of benzene rings is 3. The maximum absolute atomic E-state index is 14.0. The highest BCUT2D eigenvalue weighted by molar-refractivity contribution is 6.31. The molecule has 4 amide bonds. The maximum atomic E-state index is 14.0. The molecule has 6 N–H and O–H groups in total. The molecule has 4 aromatic heterocycles. The van der Waals surface area contributed by atoms with Crippen LogP contribution in [0.2, 0.25) is 0 Å². The Bertz CT molecular complexity index is 2630. The van der Waals surface area contributed by atoms with Crippen LogP contribution in [0.15, 0.2) is 75.8 Å². The predicted octanol–water partition coefficient (Wildman–Crippen LogP) is 1.83. The van der Waals surface area contributed by atoms with Gasteiger partial charge in [0, 0.05) is 0 Å². The van der Waals surface area contributed by atoms with E-state index < -0.39 is 34.3 Å². The van der Waals surface area contributed by atoms with E-state index in [1.807, 2.05) is 16.7 Å². The fourth-order valence-corrected chi connectivity index (χ4v) is 5.45. The number of aromatic amines is 4. The minimum absolute atomic E-state index is 0.0206. The largest absolute Gasteiger partial charge is 0.346 e. The van der Waals surface area contributed by atoms with Crippen LogP contribution in [0, 0.1) is 0 Å². The Morgan fingerprint density at radius 1 is 0.543 bits per heavy atom. The average molecular weight is 615 g/mol. The maximum Gasteiger partial charge on any atom is 0.328 e. The van der Waals surface area contributed by atoms with E-state index in [9.17, 15) is 28.8 Å². The van der Waals surface area contributed by atoms with Crippen molar-refractivity contribution in [1.29, 1.82) is 0 Å². The fraction of sp³-hybridized carbons (Fsp3) is 0. The number of hydrogen-bond acceptors (Lipinski definition) is 8. The van der Waals surface area contributed by atoms with Crippen LogP contribution in [-0.2, 0) is 9.59 Å². The molecule has 0 atom stereocenters. The van der Waals surface area contributed by atoms with Gasteiger partial charge >= 0.3 is 6.03 Å². The van der Waals surface area contributed by atoms with Crippen LogP contribution >= 0.6 is 0 Å². The zero-order chi connectivity index (χ0) is 31.7. The topological polar surface area (TPSA) is 225 Å². The highest BCUT2D eigenvalue weighted by atomic mass is 16.2. The van der Waals surface area contributed by atoms with Gasteiger partial charge in [-0.25, -0.2) is 14.2 Å². The Morgan fingerprint density at radius 2 is 0.978 bits per heavy atom. The monoisotopic (exact) mass is 614 g/mol. The van der Waals surface area contributed by atoms with E-state index in [4.69, 9.17) is 0 Å². The summed E-state index contributed by atoms with van der Waals surface area (Å²) in [5.74, 6) is -1.87. The smallest absolute Gasteiger partial charge is 0.328 e. The first-order chi connectivity index (χ1) is 22.3. The van der Waals surface area contributed by atoms with Crippen molar-refractivity contribution < 1.29 is 19.2 Å². The van der Waals surface area contributed by atoms with Crippen molar-refractivity contribution in [2.24, 2.45) is 0 Å². The van der Waals surface area contributed by atoms with Crippen molar-refractivity contribution in [2.75, 3.05) is 0 Å². The second-order valence-corrected chi connectivity index (χ2v) is 10.3. The van der Waals surface area contributed by atoms with Gasteiger partial charge in [-0.3, -0.25) is 34.6 Å². The van der Waals surface area contributed by atoms with E-state index in [-0.39, 0.29) is 55.8 Å². The summed E-state index contributed by atoms with van der Waals surface area (Å²) < 4.78 is 2.88. The molecule has 0 saturated carbocycles. The number of aldehydes is 1. The zero-order valence-electron chi connectivity index (χ0n) is 23.2. The van der Waals surface area contributed by atoms with Gasteiger partial charge < -0.3 is 19.9 Å². The first-order valence-corrected chi connectivity index (χ1v) is 13.7. The van der Waals surface area contributed by atoms with E-state index in [2.05, 4.69) is 30.1 Å². The fourth-order valence-electron chi connectivity index (χ4n) is 5.45. The second-order valence-electron chi connectivity index (χ2n) is 10.3. The molecule has 0 radical (unpaired) electrons. The third kappa shape index (κ3) is 3.87. The van der Waals surface area contributed by atoms with Crippen molar-refractivity contribution in [2.45, 2.75) is 0 Å². The van der Waals surface area contributed by atoms with Gasteiger partial charge in [-0.05, 0) is 30.3 Å². The van der Waals surface area contributed by atoms with Crippen molar-refractivity contribution in [3.8, 4) is 11.4 Å². The summed E-state index contributed by atoms with van der Waals surface area (Å²) in [5.41, 5.74) is 0.0903. The lowest BCUT2D eigenvalue weighted by Crippen LogP contribution is -2.51. The van der Waals surface area contributed by atoms with Crippen molar-refractivity contribution >= 4 is 74.6 Å². The molecule has 0 spiro atoms. The molecule has 1 saturated heterocycles. The number of amides is 4. The molecule has 16 nitrogen and oxygen atoms in total. The van der Waals surface area contributed by atoms with E-state index in [1.165, 1.54) is 15.4 Å². The number of imide groups is 2. The predicted molar refractivity (Wildman–Crippen MR) is 165 cm³/mol. The number of barbiturate groups is 1. The summed E-state index contributed by atoms with van der Waals surface area (Å²) >= 11 is 0. The number of carbonyl (C=O) groups is 4. The number of hydrogen-bond donors (Lipinski definition) is 6. The second kappa shape index (κ2) is 9.71. The van der Waals surface area contributed by atoms with Gasteiger partial charge in [0.25, 0.3) is 11.8 Å². The molecule has 0 aliphatic carbocycles. The Labute approximate surface area is 253 Å². The quantitative estimate of drug-likeness (QED) is 0.0740. The summed E-state index contributed by atoms with van der Waals surface area (Å²) in [6, 6.07) is 16.7. The SMILES string of the molecule is O=Cc1nn(-c2ccccc2)c2[nH]c3c(=O)c4[nH]c5c(C=C6C(=O)NC(=O)NC6=O)nn(-c6ccccc6)c5[nH]c4c(=O)c3[nH]c12. The first kappa shape index (κ1) is 26.5. The van der Waals surface area contributed by atoms with Crippen LogP contribution in [0.3, 0.4) is 0 Å². The van der Waals surface area contributed by atoms with E-state index in [0.29, 0.717) is 17.7 Å². The highest BCUT2D eigenvalue weighted by Crippen LogP contribution is 2.25. The minimum atomic E-state index is -0.959. The third-order valence-electron chi connectivity index (χ3n) is 7.56. The minimum Gasteiger partial charge on any atom is -0.346 e. The normalized spacial score (nSPS) is 13.5. The molecule has 0 unspecified atom stereocenters. The number of H-pyrrole nitrogens is 4. The molecule has 1 fully saturated rings. The molecular weight excluding hydrogens is 596 g/mol. The molecule has 8 rings (SSSR count). The Hall–Kier alpha value is -7.10. The summed E-state index contributed by atoms with van der Waals surface area (Å²) in [6.07, 6.45) is 1.71. The molecule has 224 valence electrons. The number of nitrogens with zero attached hydrogens (tertiary/aromatic N) is 4. The molecule has 1 aliphatic rings. The summed E-state index contributed by atoms with van der Waals surface area (Å²) in [4.78, 5) is 88.5. The first-order valence-electron chi connectivity index (χ1n) is 13.7. The van der Waals surface area contributed by atoms with Crippen LogP contribution in [0.5, 0.6) is 0 Å². The number of para-hydroxylation sites is 2. The molecule has 5 heterocycles. The lowest BCUT2D eigenvalue weighted by Gasteiger charge is -2.13. The Morgan fingerprint density at radius 3 is 1.46 bits per heavy atom. The summed E-state index contributed by atoms with van der Waals surface area (Å²) in [6.45, 7) is 0. The number of fused-ring (bicyclic) bond motifs is 4. The van der Waals surface area contributed by atoms with Crippen LogP contribution in [0.25, 0.3) is 61.8 Å². The molecule has 3 aromatic carbocycles. The molecule has 16 heteroatoms. The highest BCUT2D eigenvalue weighted by Gasteiger charge is 2.29. The number of nitrogens with one attached hydrogen (secondary N) is 6. The number of aromatic nitrogens is 8. The third-order valence-corrected chi connectivity index (χ3v) is 7.56. The van der Waals surface area contributed by atoms with Crippen LogP contribution in [0.4, 0.5) is 4.79 Å². The molecule has 7 aromatic rings. The number of urea groups is 1. The van der Waals surface area contributed by atoms with Crippen LogP contribution < -0.4 is 21.5 Å². The molecular formula is C30H18N10O6. The lowest BCUT2D eigenvalue weighted by molar-refractivity contribution is -0.123. The zero-order valence-corrected chi connectivity index (χ0v) is 23.2. The van der Waals surface area contributed by atoms with Crippen LogP contribution in [-0.4, -0.2) is 63.6 Å². The van der Waals surface area contributed by atoms with Gasteiger partial charge in [0.1, 0.15) is 44.4 Å². The van der Waals surface area contributed by atoms with Gasteiger partial charge in [0.2, 0.25) is 10.9 Å². The van der Waals surface area contributed by atoms with Crippen molar-refractivity contribution in [1.82, 2.24) is 50.1 Å². The summed E-state index contributed by atoms with van der Waals surface area (Å²) in [7, 11) is 0. The van der Waals surface area contributed by atoms with E-state index >= 15 is 0 Å². The van der Waals surface area contributed by atoms with Crippen LogP contribution in [0.1, 0.15) is 16.2 Å². The standard InChI is InChI=1S/C30H18N10O6/c41-12-17-19-27(40(38-17)14-9-5-2-6-10-14)34-23-21(32-19)25(43)22-20(24(23)42)31-18-16(11-15-28(44)35-30(46)36-29(15)45)37-39(26(18)33-22)13-7-3-1-4-8-13/h1-12,31-34H,(H2,35,36,44,45,46). The Balaban J connectivity index is 1.45. The van der Waals surface area contributed by atoms with Gasteiger partial charge in [0.15, 0.2) is 23.3 Å².